The molecule has 0 bridgehead atoms. The van der Waals surface area contributed by atoms with Crippen molar-refractivity contribution in [3.63, 3.8) is 0 Å². The summed E-state index contributed by atoms with van der Waals surface area (Å²) >= 11 is 12.0. The van der Waals surface area contributed by atoms with Gasteiger partial charge in [-0.3, -0.25) is 4.98 Å². The van der Waals surface area contributed by atoms with Crippen LogP contribution in [0, 0.1) is 6.92 Å². The Labute approximate surface area is 117 Å². The van der Waals surface area contributed by atoms with Crippen LogP contribution in [0.2, 0.25) is 10.0 Å². The molecule has 1 aromatic heterocycles. The highest BCUT2D eigenvalue weighted by Crippen LogP contribution is 2.24. The fraction of sp³-hybridized carbons (Fsp3) is 0.214. The van der Waals surface area contributed by atoms with Gasteiger partial charge in [-0.25, -0.2) is 0 Å². The summed E-state index contributed by atoms with van der Waals surface area (Å²) < 4.78 is 0. The Hall–Kier alpha value is -1.09. The van der Waals surface area contributed by atoms with Crippen LogP contribution in [0.15, 0.2) is 36.4 Å². The van der Waals surface area contributed by atoms with Gasteiger partial charge in [0.1, 0.15) is 0 Å². The number of halogens is 2. The first-order valence-corrected chi connectivity index (χ1v) is 6.45. The van der Waals surface area contributed by atoms with Gasteiger partial charge in [-0.2, -0.15) is 0 Å². The van der Waals surface area contributed by atoms with Crippen LogP contribution in [0.5, 0.6) is 0 Å². The average molecular weight is 281 g/mol. The zero-order valence-corrected chi connectivity index (χ0v) is 11.5. The molecule has 4 heteroatoms. The van der Waals surface area contributed by atoms with Crippen molar-refractivity contribution in [2.24, 2.45) is 5.73 Å². The summed E-state index contributed by atoms with van der Waals surface area (Å²) in [6, 6.07) is 11.1. The molecule has 0 aliphatic rings. The standard InChI is InChI=1S/C14H14Cl2N2/c1-9-3-2-4-14(18-9)13(17)7-10-5-6-11(15)8-12(10)16/h2-6,8,13H,7,17H2,1H3. The van der Waals surface area contributed by atoms with Gasteiger partial charge in [-0.1, -0.05) is 35.3 Å². The van der Waals surface area contributed by atoms with Crippen molar-refractivity contribution >= 4 is 23.2 Å². The molecule has 2 aromatic rings. The number of hydrogen-bond donors (Lipinski definition) is 1. The molecule has 0 radical (unpaired) electrons. The van der Waals surface area contributed by atoms with Crippen molar-refractivity contribution < 1.29 is 0 Å². The molecule has 0 aliphatic carbocycles. The van der Waals surface area contributed by atoms with Crippen molar-refractivity contribution in [2.45, 2.75) is 19.4 Å². The van der Waals surface area contributed by atoms with Crippen LogP contribution in [0.3, 0.4) is 0 Å². The lowest BCUT2D eigenvalue weighted by atomic mass is 10.0. The molecule has 0 saturated carbocycles. The van der Waals surface area contributed by atoms with Crippen molar-refractivity contribution in [3.8, 4) is 0 Å². The summed E-state index contributed by atoms with van der Waals surface area (Å²) in [7, 11) is 0. The number of pyridine rings is 1. The number of aryl methyl sites for hydroxylation is 1. The molecule has 1 heterocycles. The van der Waals surface area contributed by atoms with E-state index in [-0.39, 0.29) is 6.04 Å². The number of nitrogens with two attached hydrogens (primary N) is 1. The summed E-state index contributed by atoms with van der Waals surface area (Å²) in [5.74, 6) is 0. The largest absolute Gasteiger partial charge is 0.322 e. The first-order valence-electron chi connectivity index (χ1n) is 5.69. The third-order valence-electron chi connectivity index (χ3n) is 2.74. The summed E-state index contributed by atoms with van der Waals surface area (Å²) in [4.78, 5) is 4.42. The highest BCUT2D eigenvalue weighted by Gasteiger charge is 2.11. The maximum atomic E-state index is 6.15. The van der Waals surface area contributed by atoms with Crippen LogP contribution >= 0.6 is 23.2 Å². The molecular formula is C14H14Cl2N2. The minimum Gasteiger partial charge on any atom is -0.322 e. The SMILES string of the molecule is Cc1cccc(C(N)Cc2ccc(Cl)cc2Cl)n1. The second-order valence-corrected chi connectivity index (χ2v) is 5.09. The van der Waals surface area contributed by atoms with E-state index in [9.17, 15) is 0 Å². The number of nitrogens with zero attached hydrogens (tertiary/aromatic N) is 1. The third kappa shape index (κ3) is 3.22. The Morgan fingerprint density at radius 1 is 1.22 bits per heavy atom. The normalized spacial score (nSPS) is 12.4. The lowest BCUT2D eigenvalue weighted by molar-refractivity contribution is 0.693. The molecule has 1 unspecified atom stereocenters. The lowest BCUT2D eigenvalue weighted by Gasteiger charge is -2.13. The Morgan fingerprint density at radius 2 is 2.00 bits per heavy atom. The monoisotopic (exact) mass is 280 g/mol. The first-order chi connectivity index (χ1) is 8.56. The quantitative estimate of drug-likeness (QED) is 0.925. The molecule has 0 amide bonds. The van der Waals surface area contributed by atoms with E-state index >= 15 is 0 Å². The maximum absolute atomic E-state index is 6.15. The fourth-order valence-corrected chi connectivity index (χ4v) is 2.29. The van der Waals surface area contributed by atoms with Gasteiger partial charge in [0.15, 0.2) is 0 Å². The second-order valence-electron chi connectivity index (χ2n) is 4.25. The Kier molecular flexibility index (Phi) is 4.23. The van der Waals surface area contributed by atoms with E-state index in [0.717, 1.165) is 17.0 Å². The van der Waals surface area contributed by atoms with Crippen LogP contribution in [0.25, 0.3) is 0 Å². The van der Waals surface area contributed by atoms with E-state index in [2.05, 4.69) is 4.98 Å². The van der Waals surface area contributed by atoms with Gasteiger partial charge in [0.05, 0.1) is 11.7 Å². The molecule has 1 atom stereocenters. The molecule has 94 valence electrons. The summed E-state index contributed by atoms with van der Waals surface area (Å²) in [6.07, 6.45) is 0.645. The van der Waals surface area contributed by atoms with Crippen LogP contribution in [-0.4, -0.2) is 4.98 Å². The summed E-state index contributed by atoms with van der Waals surface area (Å²) in [6.45, 7) is 1.95. The number of aromatic nitrogens is 1. The molecule has 0 saturated heterocycles. The number of hydrogen-bond acceptors (Lipinski definition) is 2. The average Bonchev–Trinajstić information content (AvgIpc) is 2.32. The molecule has 2 N–H and O–H groups in total. The van der Waals surface area contributed by atoms with Gasteiger partial charge >= 0.3 is 0 Å². The van der Waals surface area contributed by atoms with E-state index in [1.54, 1.807) is 6.07 Å². The van der Waals surface area contributed by atoms with Crippen molar-refractivity contribution in [1.82, 2.24) is 4.98 Å². The van der Waals surface area contributed by atoms with Crippen molar-refractivity contribution in [3.05, 3.63) is 63.4 Å². The van der Waals surface area contributed by atoms with Crippen LogP contribution in [0.1, 0.15) is 23.0 Å². The fourth-order valence-electron chi connectivity index (χ4n) is 1.80. The van der Waals surface area contributed by atoms with Crippen LogP contribution in [-0.2, 0) is 6.42 Å². The Balaban J connectivity index is 2.18. The molecule has 18 heavy (non-hydrogen) atoms. The molecule has 0 aliphatic heterocycles. The van der Waals surface area contributed by atoms with Crippen molar-refractivity contribution in [1.29, 1.82) is 0 Å². The molecule has 2 nitrogen and oxygen atoms in total. The van der Waals surface area contributed by atoms with E-state index < -0.39 is 0 Å². The lowest BCUT2D eigenvalue weighted by Crippen LogP contribution is -2.15. The minimum absolute atomic E-state index is 0.163. The topological polar surface area (TPSA) is 38.9 Å². The molecular weight excluding hydrogens is 267 g/mol. The predicted molar refractivity (Wildman–Crippen MR) is 76.1 cm³/mol. The molecule has 0 spiro atoms. The summed E-state index contributed by atoms with van der Waals surface area (Å²) in [5.41, 5.74) is 8.97. The zero-order valence-electron chi connectivity index (χ0n) is 10.0. The number of benzene rings is 1. The van der Waals surface area contributed by atoms with Crippen LogP contribution < -0.4 is 5.73 Å². The maximum Gasteiger partial charge on any atom is 0.0577 e. The van der Waals surface area contributed by atoms with Crippen molar-refractivity contribution in [2.75, 3.05) is 0 Å². The smallest absolute Gasteiger partial charge is 0.0577 e. The van der Waals surface area contributed by atoms with Gasteiger partial charge in [0.2, 0.25) is 0 Å². The first kappa shape index (κ1) is 13.3. The van der Waals surface area contributed by atoms with E-state index in [1.807, 2.05) is 37.3 Å². The Bertz CT molecular complexity index is 555. The van der Waals surface area contributed by atoms with Crippen LogP contribution in [0.4, 0.5) is 0 Å². The van der Waals surface area contributed by atoms with E-state index in [4.69, 9.17) is 28.9 Å². The van der Waals surface area contributed by atoms with Gasteiger partial charge in [0, 0.05) is 15.7 Å². The zero-order chi connectivity index (χ0) is 13.1. The van der Waals surface area contributed by atoms with E-state index in [0.29, 0.717) is 16.5 Å². The third-order valence-corrected chi connectivity index (χ3v) is 3.33. The molecule has 1 aromatic carbocycles. The van der Waals surface area contributed by atoms with E-state index in [1.165, 1.54) is 0 Å². The Morgan fingerprint density at radius 3 is 2.67 bits per heavy atom. The second kappa shape index (κ2) is 5.70. The van der Waals surface area contributed by atoms with Gasteiger partial charge in [-0.05, 0) is 43.2 Å². The molecule has 0 fully saturated rings. The van der Waals surface area contributed by atoms with Gasteiger partial charge in [0.25, 0.3) is 0 Å². The molecule has 2 rings (SSSR count). The number of rotatable bonds is 3. The highest BCUT2D eigenvalue weighted by atomic mass is 35.5. The van der Waals surface area contributed by atoms with Gasteiger partial charge in [-0.15, -0.1) is 0 Å². The van der Waals surface area contributed by atoms with Gasteiger partial charge < -0.3 is 5.73 Å². The minimum atomic E-state index is -0.163. The predicted octanol–water partition coefficient (Wildman–Crippen LogP) is 3.94. The summed E-state index contributed by atoms with van der Waals surface area (Å²) in [5, 5.41) is 1.27. The highest BCUT2D eigenvalue weighted by molar-refractivity contribution is 6.35.